The molecule has 6 aromatic rings. The van der Waals surface area contributed by atoms with Gasteiger partial charge in [-0.1, -0.05) is 158 Å². The third kappa shape index (κ3) is 4.41. The van der Waals surface area contributed by atoms with Crippen LogP contribution >= 0.6 is 0 Å². The van der Waals surface area contributed by atoms with Crippen molar-refractivity contribution in [1.29, 1.82) is 0 Å². The van der Waals surface area contributed by atoms with Gasteiger partial charge in [0.15, 0.2) is 11.6 Å². The van der Waals surface area contributed by atoms with Crippen LogP contribution in [0.25, 0.3) is 5.43 Å². The zero-order chi connectivity index (χ0) is 32.6. The molecule has 0 radical (unpaired) electrons. The summed E-state index contributed by atoms with van der Waals surface area (Å²) in [6.45, 7) is 0. The van der Waals surface area contributed by atoms with Gasteiger partial charge >= 0.3 is 0 Å². The van der Waals surface area contributed by atoms with Gasteiger partial charge < -0.3 is 4.90 Å². The number of carbonyl (C=O) groups is 2. The Morgan fingerprint density at radius 1 is 0.542 bits per heavy atom. The molecular formula is C42H32N4O2. The molecule has 6 nitrogen and oxygen atoms in total. The number of fused-ring (bicyclic) bond motifs is 1. The van der Waals surface area contributed by atoms with Crippen LogP contribution in [-0.4, -0.2) is 22.4 Å². The Balaban J connectivity index is 1.54. The second kappa shape index (κ2) is 11.9. The SMILES string of the molecule is O=C(c1ccccc1)[C@@H]1[C@@H](C(=O)c2ccccc2)C2(c3ccccc3)N=[N+](c3ccccc3)[N-]C2(c2ccccc2)N1c1ccccc1. The highest BCUT2D eigenvalue weighted by Crippen LogP contribution is 2.67. The number of ketones is 2. The molecule has 1 saturated heterocycles. The smallest absolute Gasteiger partial charge is 0.225 e. The molecule has 0 bridgehead atoms. The summed E-state index contributed by atoms with van der Waals surface area (Å²) in [7, 11) is 0. The quantitative estimate of drug-likeness (QED) is 0.125. The number of Topliss-reactive ketones (excluding diaryl/α,β-unsaturated/α-hetero) is 2. The van der Waals surface area contributed by atoms with E-state index in [1.54, 1.807) is 4.81 Å². The first-order valence-corrected chi connectivity index (χ1v) is 16.1. The second-order valence-electron chi connectivity index (χ2n) is 12.1. The van der Waals surface area contributed by atoms with Gasteiger partial charge in [0.1, 0.15) is 17.2 Å². The number of hydrogen-bond acceptors (Lipinski definition) is 4. The van der Waals surface area contributed by atoms with E-state index in [0.717, 1.165) is 22.5 Å². The van der Waals surface area contributed by atoms with Crippen molar-refractivity contribution in [3.8, 4) is 0 Å². The van der Waals surface area contributed by atoms with Crippen LogP contribution in [0.1, 0.15) is 31.8 Å². The van der Waals surface area contributed by atoms with E-state index in [1.807, 2.05) is 182 Å². The maximum absolute atomic E-state index is 15.4. The van der Waals surface area contributed by atoms with Crippen molar-refractivity contribution in [3.05, 3.63) is 210 Å². The highest BCUT2D eigenvalue weighted by Gasteiger charge is 2.74. The van der Waals surface area contributed by atoms with Gasteiger partial charge in [-0.2, -0.15) is 10.5 Å². The molecule has 2 aliphatic rings. The lowest BCUT2D eigenvalue weighted by Gasteiger charge is -2.47. The predicted molar refractivity (Wildman–Crippen MR) is 186 cm³/mol. The summed E-state index contributed by atoms with van der Waals surface area (Å²) in [6, 6.07) is 57.0. The van der Waals surface area contributed by atoms with Gasteiger partial charge in [0, 0.05) is 28.9 Å². The molecule has 1 fully saturated rings. The summed E-state index contributed by atoms with van der Waals surface area (Å²) < 4.78 is 0. The Morgan fingerprint density at radius 2 is 0.979 bits per heavy atom. The highest BCUT2D eigenvalue weighted by molar-refractivity contribution is 6.10. The number of rotatable bonds is 8. The molecule has 232 valence electrons. The third-order valence-corrected chi connectivity index (χ3v) is 9.50. The lowest BCUT2D eigenvalue weighted by molar-refractivity contribution is -0.458. The van der Waals surface area contributed by atoms with Crippen LogP contribution in [0, 0.1) is 5.92 Å². The van der Waals surface area contributed by atoms with Crippen molar-refractivity contribution in [2.75, 3.05) is 4.90 Å². The van der Waals surface area contributed by atoms with Gasteiger partial charge in [-0.15, -0.1) is 4.81 Å². The number of azo groups is 1. The summed E-state index contributed by atoms with van der Waals surface area (Å²) >= 11 is 0. The molecule has 2 aliphatic heterocycles. The maximum atomic E-state index is 15.4. The van der Waals surface area contributed by atoms with Gasteiger partial charge in [0.05, 0.1) is 5.92 Å². The monoisotopic (exact) mass is 624 g/mol. The number of benzene rings is 6. The average Bonchev–Trinajstić information content (AvgIpc) is 3.65. The van der Waals surface area contributed by atoms with E-state index >= 15 is 9.59 Å². The van der Waals surface area contributed by atoms with Crippen LogP contribution in [0.3, 0.4) is 0 Å². The van der Waals surface area contributed by atoms with E-state index in [9.17, 15) is 0 Å². The molecule has 8 rings (SSSR count). The van der Waals surface area contributed by atoms with Gasteiger partial charge in [-0.25, -0.2) is 0 Å². The Labute approximate surface area is 279 Å². The van der Waals surface area contributed by atoms with E-state index in [0.29, 0.717) is 11.1 Å². The first-order valence-electron chi connectivity index (χ1n) is 16.1. The van der Waals surface area contributed by atoms with Gasteiger partial charge in [-0.3, -0.25) is 9.59 Å². The van der Waals surface area contributed by atoms with E-state index in [4.69, 9.17) is 10.5 Å². The molecule has 0 N–H and O–H groups in total. The summed E-state index contributed by atoms with van der Waals surface area (Å²) in [5, 5.41) is 5.55. The van der Waals surface area contributed by atoms with Crippen molar-refractivity contribution < 1.29 is 14.4 Å². The minimum absolute atomic E-state index is 0.176. The van der Waals surface area contributed by atoms with E-state index in [2.05, 4.69) is 4.90 Å². The van der Waals surface area contributed by atoms with Crippen LogP contribution in [0.2, 0.25) is 0 Å². The summed E-state index contributed by atoms with van der Waals surface area (Å²) in [5.41, 5.74) is 6.95. The Hall–Kier alpha value is -6.14. The Morgan fingerprint density at radius 3 is 1.52 bits per heavy atom. The topological polar surface area (TPSA) is 66.8 Å². The zero-order valence-electron chi connectivity index (χ0n) is 26.1. The molecule has 6 aromatic carbocycles. The highest BCUT2D eigenvalue weighted by atomic mass is 16.1. The number of nitrogens with zero attached hydrogens (tertiary/aromatic N) is 4. The van der Waals surface area contributed by atoms with Crippen LogP contribution < -0.4 is 4.90 Å². The minimum Gasteiger partial charge on any atom is -0.345 e. The fourth-order valence-electron chi connectivity index (χ4n) is 7.53. The Kier molecular flexibility index (Phi) is 7.26. The molecular weight excluding hydrogens is 592 g/mol. The Bertz CT molecular complexity index is 2090. The molecule has 0 saturated carbocycles. The summed E-state index contributed by atoms with van der Waals surface area (Å²) in [6.07, 6.45) is 0. The van der Waals surface area contributed by atoms with Gasteiger partial charge in [0.25, 0.3) is 0 Å². The molecule has 48 heavy (non-hydrogen) atoms. The molecule has 2 unspecified atom stereocenters. The van der Waals surface area contributed by atoms with Gasteiger partial charge in [-0.05, 0) is 23.3 Å². The molecule has 6 heteroatoms. The van der Waals surface area contributed by atoms with Crippen LogP contribution in [-0.2, 0) is 11.2 Å². The fourth-order valence-corrected chi connectivity index (χ4v) is 7.53. The molecule has 0 aliphatic carbocycles. The van der Waals surface area contributed by atoms with Crippen molar-refractivity contribution in [1.82, 2.24) is 0 Å². The predicted octanol–water partition coefficient (Wildman–Crippen LogP) is 9.10. The van der Waals surface area contributed by atoms with Crippen LogP contribution in [0.15, 0.2) is 187 Å². The standard InChI is InChI=1S/C42H32N4O2/c47-39(31-19-7-1-8-20-31)37-38(40(48)32-21-9-2-10-22-32)45(35-27-15-5-16-28-35)42(34-25-13-4-14-26-34)41(37,33-23-11-3-12-24-33)43-46(44-42)36-29-17-6-18-30-36/h1-30,37-38H/t37-,38-,41?,42?/m0/s1. The fraction of sp³-hybridized carbons (Fsp3) is 0.0952. The van der Waals surface area contributed by atoms with Crippen molar-refractivity contribution >= 4 is 22.9 Å². The molecule has 0 spiro atoms. The average molecular weight is 625 g/mol. The third-order valence-electron chi connectivity index (χ3n) is 9.50. The minimum atomic E-state index is -1.39. The number of para-hydroxylation sites is 2. The zero-order valence-corrected chi connectivity index (χ0v) is 26.1. The van der Waals surface area contributed by atoms with E-state index in [1.165, 1.54) is 0 Å². The molecule has 0 aromatic heterocycles. The summed E-state index contributed by atoms with van der Waals surface area (Å²) in [4.78, 5) is 34.4. The normalized spacial score (nSPS) is 22.8. The number of anilines is 1. The molecule has 0 amide bonds. The van der Waals surface area contributed by atoms with E-state index in [-0.39, 0.29) is 11.6 Å². The maximum Gasteiger partial charge on any atom is 0.225 e. The van der Waals surface area contributed by atoms with Crippen LogP contribution in [0.5, 0.6) is 0 Å². The lowest BCUT2D eigenvalue weighted by Crippen LogP contribution is -2.53. The summed E-state index contributed by atoms with van der Waals surface area (Å²) in [5.74, 6) is -1.35. The number of hydrogen-bond donors (Lipinski definition) is 0. The van der Waals surface area contributed by atoms with Gasteiger partial charge in [0.2, 0.25) is 5.69 Å². The van der Waals surface area contributed by atoms with E-state index < -0.39 is 23.2 Å². The molecule has 4 atom stereocenters. The van der Waals surface area contributed by atoms with Crippen LogP contribution in [0.4, 0.5) is 11.4 Å². The van der Waals surface area contributed by atoms with Crippen molar-refractivity contribution in [2.24, 2.45) is 11.0 Å². The first kappa shape index (κ1) is 29.3. The largest absolute Gasteiger partial charge is 0.345 e. The lowest BCUT2D eigenvalue weighted by atomic mass is 9.66. The van der Waals surface area contributed by atoms with Crippen molar-refractivity contribution in [3.63, 3.8) is 0 Å². The first-order chi connectivity index (χ1) is 23.6. The number of carbonyl (C=O) groups excluding carboxylic acids is 2. The second-order valence-corrected chi connectivity index (χ2v) is 12.1. The molecule has 2 heterocycles. The van der Waals surface area contributed by atoms with Crippen molar-refractivity contribution in [2.45, 2.75) is 17.2 Å².